The van der Waals surface area contributed by atoms with Gasteiger partial charge in [0, 0.05) is 19.3 Å². The van der Waals surface area contributed by atoms with Crippen molar-refractivity contribution in [3.05, 3.63) is 36.5 Å². The first-order valence-electron chi connectivity index (χ1n) is 36.0. The van der Waals surface area contributed by atoms with Crippen LogP contribution < -0.4 is 0 Å². The summed E-state index contributed by atoms with van der Waals surface area (Å²) in [6, 6.07) is 0. The Labute approximate surface area is 499 Å². The van der Waals surface area contributed by atoms with E-state index < -0.39 is 6.10 Å². The molecular weight excluding hydrogens is 985 g/mol. The maximum absolute atomic E-state index is 13.0. The van der Waals surface area contributed by atoms with E-state index in [1.54, 1.807) is 0 Å². The van der Waals surface area contributed by atoms with Crippen LogP contribution in [-0.4, -0.2) is 37.2 Å². The highest BCUT2D eigenvalue weighted by molar-refractivity contribution is 5.71. The predicted octanol–water partition coefficient (Wildman–Crippen LogP) is 24.7. The lowest BCUT2D eigenvalue weighted by molar-refractivity contribution is -0.167. The molecule has 0 aliphatic heterocycles. The third-order valence-corrected chi connectivity index (χ3v) is 16.4. The first-order valence-corrected chi connectivity index (χ1v) is 36.0. The molecule has 0 saturated carbocycles. The molecule has 0 amide bonds. The third-order valence-electron chi connectivity index (χ3n) is 16.4. The average Bonchev–Trinajstić information content (AvgIpc) is 3.46. The van der Waals surface area contributed by atoms with Crippen LogP contribution in [-0.2, 0) is 28.6 Å². The standard InChI is InChI=1S/C74H138O6/c1-4-7-10-13-16-19-22-25-28-30-32-34-36-37-39-40-42-44-46-49-52-55-58-61-64-67-73(76)79-70-71(69-78-72(75)66-63-60-57-54-51-48-27-24-21-18-15-12-9-6-3)80-74(77)68-65-62-59-56-53-50-47-45-43-41-38-35-33-31-29-26-23-20-17-14-11-8-5-2/h15,18,24,27,30,32,71H,4-14,16-17,19-23,25-26,28-29,31,33-70H2,1-3H3/b18-15-,27-24-,32-30-. The number of hydrogen-bond donors (Lipinski definition) is 0. The smallest absolute Gasteiger partial charge is 0.306 e. The van der Waals surface area contributed by atoms with Gasteiger partial charge in [0.25, 0.3) is 0 Å². The van der Waals surface area contributed by atoms with Gasteiger partial charge in [0.2, 0.25) is 0 Å². The van der Waals surface area contributed by atoms with Crippen LogP contribution in [0.4, 0.5) is 0 Å². The van der Waals surface area contributed by atoms with Crippen LogP contribution in [0, 0.1) is 0 Å². The Balaban J connectivity index is 4.24. The fourth-order valence-electron chi connectivity index (χ4n) is 10.9. The van der Waals surface area contributed by atoms with Gasteiger partial charge in [0.05, 0.1) is 0 Å². The molecule has 0 aromatic rings. The summed E-state index contributed by atoms with van der Waals surface area (Å²) in [5.74, 6) is -0.856. The molecule has 0 aliphatic rings. The van der Waals surface area contributed by atoms with Gasteiger partial charge in [0.15, 0.2) is 6.10 Å². The molecule has 0 radical (unpaired) electrons. The van der Waals surface area contributed by atoms with Crippen molar-refractivity contribution in [3.8, 4) is 0 Å². The number of esters is 3. The summed E-state index contributed by atoms with van der Waals surface area (Å²) in [6.45, 7) is 6.67. The van der Waals surface area contributed by atoms with Gasteiger partial charge in [-0.2, -0.15) is 0 Å². The summed E-state index contributed by atoms with van der Waals surface area (Å²) < 4.78 is 17.0. The summed E-state index contributed by atoms with van der Waals surface area (Å²) in [5, 5.41) is 0. The van der Waals surface area contributed by atoms with Crippen LogP contribution in [0.2, 0.25) is 0 Å². The number of hydrogen-bond acceptors (Lipinski definition) is 6. The summed E-state index contributed by atoms with van der Waals surface area (Å²) in [6.07, 6.45) is 86.1. The molecular formula is C74H138O6. The Morgan fingerprint density at radius 3 is 0.738 bits per heavy atom. The van der Waals surface area contributed by atoms with E-state index >= 15 is 0 Å². The second-order valence-corrected chi connectivity index (χ2v) is 24.5. The molecule has 0 aromatic carbocycles. The fraction of sp³-hybridized carbons (Fsp3) is 0.878. The summed E-state index contributed by atoms with van der Waals surface area (Å²) in [5.41, 5.74) is 0. The molecule has 80 heavy (non-hydrogen) atoms. The molecule has 0 aliphatic carbocycles. The van der Waals surface area contributed by atoms with Gasteiger partial charge >= 0.3 is 17.9 Å². The minimum atomic E-state index is -0.777. The van der Waals surface area contributed by atoms with Crippen LogP contribution >= 0.6 is 0 Å². The largest absolute Gasteiger partial charge is 0.462 e. The minimum absolute atomic E-state index is 0.0718. The van der Waals surface area contributed by atoms with Crippen molar-refractivity contribution in [1.82, 2.24) is 0 Å². The van der Waals surface area contributed by atoms with E-state index in [0.29, 0.717) is 19.3 Å². The van der Waals surface area contributed by atoms with Gasteiger partial charge in [-0.1, -0.05) is 346 Å². The van der Waals surface area contributed by atoms with Crippen molar-refractivity contribution in [1.29, 1.82) is 0 Å². The Hall–Kier alpha value is -2.37. The SMILES string of the molecule is CCCC/C=C\C/C=C\CCCCCCCC(=O)OCC(COC(=O)CCCCCCCCCCCCCCC/C=C\CCCCCCCCCC)OC(=O)CCCCCCCCCCCCCCCCCCCCCCCCC. The van der Waals surface area contributed by atoms with Crippen LogP contribution in [0.15, 0.2) is 36.5 Å². The lowest BCUT2D eigenvalue weighted by Crippen LogP contribution is -2.30. The van der Waals surface area contributed by atoms with Crippen LogP contribution in [0.5, 0.6) is 0 Å². The predicted molar refractivity (Wildman–Crippen MR) is 349 cm³/mol. The van der Waals surface area contributed by atoms with E-state index in [-0.39, 0.29) is 31.1 Å². The lowest BCUT2D eigenvalue weighted by Gasteiger charge is -2.18. The van der Waals surface area contributed by atoms with Crippen LogP contribution in [0.25, 0.3) is 0 Å². The van der Waals surface area contributed by atoms with Gasteiger partial charge < -0.3 is 14.2 Å². The lowest BCUT2D eigenvalue weighted by atomic mass is 10.0. The molecule has 1 atom stereocenters. The first-order chi connectivity index (χ1) is 39.5. The zero-order chi connectivity index (χ0) is 57.8. The minimum Gasteiger partial charge on any atom is -0.462 e. The number of carbonyl (C=O) groups excluding carboxylic acids is 3. The Bertz CT molecular complexity index is 1340. The monoisotopic (exact) mass is 1120 g/mol. The van der Waals surface area contributed by atoms with Gasteiger partial charge in [-0.15, -0.1) is 0 Å². The van der Waals surface area contributed by atoms with Crippen LogP contribution in [0.1, 0.15) is 400 Å². The Morgan fingerprint density at radius 1 is 0.250 bits per heavy atom. The van der Waals surface area contributed by atoms with E-state index in [4.69, 9.17) is 14.2 Å². The normalized spacial score (nSPS) is 12.2. The molecule has 0 bridgehead atoms. The molecule has 470 valence electrons. The highest BCUT2D eigenvalue weighted by Crippen LogP contribution is 2.19. The molecule has 0 rings (SSSR count). The average molecular weight is 1120 g/mol. The second kappa shape index (κ2) is 69.1. The second-order valence-electron chi connectivity index (χ2n) is 24.5. The van der Waals surface area contributed by atoms with Crippen LogP contribution in [0.3, 0.4) is 0 Å². The quantitative estimate of drug-likeness (QED) is 0.0261. The number of allylic oxidation sites excluding steroid dienone is 6. The van der Waals surface area contributed by atoms with Gasteiger partial charge in [-0.3, -0.25) is 14.4 Å². The van der Waals surface area contributed by atoms with Crippen molar-refractivity contribution >= 4 is 17.9 Å². The number of unbranched alkanes of at least 4 members (excludes halogenated alkanes) is 50. The van der Waals surface area contributed by atoms with Crippen molar-refractivity contribution in [2.75, 3.05) is 13.2 Å². The Morgan fingerprint density at radius 2 is 0.463 bits per heavy atom. The molecule has 1 unspecified atom stereocenters. The number of carbonyl (C=O) groups is 3. The maximum Gasteiger partial charge on any atom is 0.306 e. The van der Waals surface area contributed by atoms with Gasteiger partial charge in [-0.05, 0) is 70.6 Å². The molecule has 0 fully saturated rings. The Kier molecular flexibility index (Phi) is 67.1. The van der Waals surface area contributed by atoms with E-state index in [1.165, 1.54) is 283 Å². The van der Waals surface area contributed by atoms with E-state index in [0.717, 1.165) is 77.0 Å². The molecule has 0 N–H and O–H groups in total. The van der Waals surface area contributed by atoms with E-state index in [1.807, 2.05) is 0 Å². The summed E-state index contributed by atoms with van der Waals surface area (Å²) >= 11 is 0. The van der Waals surface area contributed by atoms with Gasteiger partial charge in [-0.25, -0.2) is 0 Å². The summed E-state index contributed by atoms with van der Waals surface area (Å²) in [7, 11) is 0. The molecule has 0 heterocycles. The zero-order valence-corrected chi connectivity index (χ0v) is 54.1. The zero-order valence-electron chi connectivity index (χ0n) is 54.1. The van der Waals surface area contributed by atoms with E-state index in [2.05, 4.69) is 57.2 Å². The van der Waals surface area contributed by atoms with E-state index in [9.17, 15) is 14.4 Å². The van der Waals surface area contributed by atoms with Crippen molar-refractivity contribution in [2.45, 2.75) is 406 Å². The van der Waals surface area contributed by atoms with Crippen molar-refractivity contribution in [3.63, 3.8) is 0 Å². The first kappa shape index (κ1) is 77.6. The maximum atomic E-state index is 13.0. The highest BCUT2D eigenvalue weighted by atomic mass is 16.6. The molecule has 0 saturated heterocycles. The van der Waals surface area contributed by atoms with Gasteiger partial charge in [0.1, 0.15) is 13.2 Å². The topological polar surface area (TPSA) is 78.9 Å². The van der Waals surface area contributed by atoms with Crippen molar-refractivity contribution < 1.29 is 28.6 Å². The number of ether oxygens (including phenoxy) is 3. The molecule has 6 heteroatoms. The highest BCUT2D eigenvalue weighted by Gasteiger charge is 2.19. The molecule has 6 nitrogen and oxygen atoms in total. The third kappa shape index (κ3) is 66.4. The van der Waals surface area contributed by atoms with Crippen molar-refractivity contribution in [2.24, 2.45) is 0 Å². The summed E-state index contributed by atoms with van der Waals surface area (Å²) in [4.78, 5) is 38.4. The molecule has 0 spiro atoms. The molecule has 0 aromatic heterocycles. The number of rotatable bonds is 67. The fourth-order valence-corrected chi connectivity index (χ4v) is 10.9.